The highest BCUT2D eigenvalue weighted by atomic mass is 79.9. The van der Waals surface area contributed by atoms with Gasteiger partial charge in [-0.1, -0.05) is 0 Å². The predicted octanol–water partition coefficient (Wildman–Crippen LogP) is 3.00. The molecule has 0 saturated heterocycles. The molecule has 0 saturated carbocycles. The van der Waals surface area contributed by atoms with Gasteiger partial charge in [-0.15, -0.1) is 0 Å². The zero-order valence-corrected chi connectivity index (χ0v) is 8.76. The first kappa shape index (κ1) is 8.78. The molecule has 0 aliphatic carbocycles. The van der Waals surface area contributed by atoms with Gasteiger partial charge in [0, 0.05) is 5.39 Å². The molecule has 0 fully saturated rings. The summed E-state index contributed by atoms with van der Waals surface area (Å²) in [6.45, 7) is 2.04. The van der Waals surface area contributed by atoms with E-state index in [0.29, 0.717) is 0 Å². The average molecular weight is 241 g/mol. The SMILES string of the molecule is Cc1coc2c(Br)cc(CO)cc12. The van der Waals surface area contributed by atoms with Crippen LogP contribution >= 0.6 is 15.9 Å². The maximum Gasteiger partial charge on any atom is 0.148 e. The lowest BCUT2D eigenvalue weighted by Crippen LogP contribution is -1.83. The topological polar surface area (TPSA) is 33.4 Å². The Hall–Kier alpha value is -0.800. The lowest BCUT2D eigenvalue weighted by atomic mass is 10.1. The van der Waals surface area contributed by atoms with Crippen molar-refractivity contribution in [1.29, 1.82) is 0 Å². The van der Waals surface area contributed by atoms with Crippen molar-refractivity contribution in [3.05, 3.63) is 34.0 Å². The fourth-order valence-electron chi connectivity index (χ4n) is 1.36. The van der Waals surface area contributed by atoms with E-state index in [0.717, 1.165) is 26.6 Å². The number of aliphatic hydroxyl groups is 1. The Morgan fingerprint density at radius 3 is 2.92 bits per heavy atom. The van der Waals surface area contributed by atoms with Gasteiger partial charge in [0.25, 0.3) is 0 Å². The van der Waals surface area contributed by atoms with Gasteiger partial charge in [-0.2, -0.15) is 0 Å². The molecule has 1 aromatic heterocycles. The number of furan rings is 1. The fraction of sp³-hybridized carbons (Fsp3) is 0.200. The van der Waals surface area contributed by atoms with Crippen molar-refractivity contribution < 1.29 is 9.52 Å². The monoisotopic (exact) mass is 240 g/mol. The fourth-order valence-corrected chi connectivity index (χ4v) is 1.97. The van der Waals surface area contributed by atoms with Gasteiger partial charge >= 0.3 is 0 Å². The zero-order chi connectivity index (χ0) is 9.42. The first-order valence-electron chi connectivity index (χ1n) is 3.99. The van der Waals surface area contributed by atoms with Crippen LogP contribution in [0.3, 0.4) is 0 Å². The quantitative estimate of drug-likeness (QED) is 0.832. The summed E-state index contributed by atoms with van der Waals surface area (Å²) in [5.74, 6) is 0. The Kier molecular flexibility index (Phi) is 2.14. The number of aliphatic hydroxyl groups excluding tert-OH is 1. The Labute approximate surface area is 84.3 Å². The van der Waals surface area contributed by atoms with Crippen LogP contribution in [0.25, 0.3) is 11.0 Å². The number of benzene rings is 1. The molecule has 2 nitrogen and oxygen atoms in total. The van der Waals surface area contributed by atoms with Crippen LogP contribution < -0.4 is 0 Å². The van der Waals surface area contributed by atoms with Gasteiger partial charge in [-0.3, -0.25) is 0 Å². The molecule has 0 aliphatic heterocycles. The van der Waals surface area contributed by atoms with Crippen LogP contribution in [-0.4, -0.2) is 5.11 Å². The van der Waals surface area contributed by atoms with Gasteiger partial charge in [0.05, 0.1) is 17.3 Å². The number of aryl methyl sites for hydroxylation is 1. The van der Waals surface area contributed by atoms with Crippen LogP contribution in [0, 0.1) is 6.92 Å². The van der Waals surface area contributed by atoms with Crippen molar-refractivity contribution >= 4 is 26.9 Å². The third-order valence-corrected chi connectivity index (χ3v) is 2.65. The van der Waals surface area contributed by atoms with Crippen LogP contribution in [0.4, 0.5) is 0 Å². The minimum atomic E-state index is 0.0547. The lowest BCUT2D eigenvalue weighted by Gasteiger charge is -1.98. The number of rotatable bonds is 1. The summed E-state index contributed by atoms with van der Waals surface area (Å²) in [5.41, 5.74) is 2.82. The van der Waals surface area contributed by atoms with Gasteiger partial charge in [0.2, 0.25) is 0 Å². The van der Waals surface area contributed by atoms with E-state index in [1.807, 2.05) is 19.1 Å². The van der Waals surface area contributed by atoms with Gasteiger partial charge in [-0.05, 0) is 46.1 Å². The van der Waals surface area contributed by atoms with E-state index in [4.69, 9.17) is 9.52 Å². The molecule has 1 heterocycles. The largest absolute Gasteiger partial charge is 0.463 e. The van der Waals surface area contributed by atoms with E-state index in [9.17, 15) is 0 Å². The van der Waals surface area contributed by atoms with Gasteiger partial charge < -0.3 is 9.52 Å². The number of hydrogen-bond donors (Lipinski definition) is 1. The maximum atomic E-state index is 9.00. The van der Waals surface area contributed by atoms with Gasteiger partial charge in [0.1, 0.15) is 5.58 Å². The van der Waals surface area contributed by atoms with Crippen LogP contribution in [0.5, 0.6) is 0 Å². The van der Waals surface area contributed by atoms with Crippen molar-refractivity contribution in [2.45, 2.75) is 13.5 Å². The predicted molar refractivity (Wildman–Crippen MR) is 54.6 cm³/mol. The first-order valence-corrected chi connectivity index (χ1v) is 4.78. The second kappa shape index (κ2) is 3.16. The number of fused-ring (bicyclic) bond motifs is 1. The van der Waals surface area contributed by atoms with Gasteiger partial charge in [-0.25, -0.2) is 0 Å². The standard InChI is InChI=1S/C10H9BrO2/c1-6-5-13-10-8(6)2-7(4-12)3-9(10)11/h2-3,5,12H,4H2,1H3. The summed E-state index contributed by atoms with van der Waals surface area (Å²) in [6.07, 6.45) is 1.72. The second-order valence-electron chi connectivity index (χ2n) is 3.03. The molecule has 2 aromatic rings. The molecule has 0 amide bonds. The van der Waals surface area contributed by atoms with Crippen molar-refractivity contribution in [1.82, 2.24) is 0 Å². The minimum Gasteiger partial charge on any atom is -0.463 e. The van der Waals surface area contributed by atoms with E-state index < -0.39 is 0 Å². The van der Waals surface area contributed by atoms with E-state index in [1.54, 1.807) is 6.26 Å². The molecule has 0 bridgehead atoms. The Bertz CT molecular complexity index is 445. The Morgan fingerprint density at radius 2 is 2.23 bits per heavy atom. The maximum absolute atomic E-state index is 9.00. The van der Waals surface area contributed by atoms with E-state index in [-0.39, 0.29) is 6.61 Å². The Morgan fingerprint density at radius 1 is 1.46 bits per heavy atom. The van der Waals surface area contributed by atoms with Crippen molar-refractivity contribution in [3.63, 3.8) is 0 Å². The van der Waals surface area contributed by atoms with Crippen LogP contribution in [-0.2, 0) is 6.61 Å². The van der Waals surface area contributed by atoms with Crippen molar-refractivity contribution in [2.75, 3.05) is 0 Å². The molecule has 0 unspecified atom stereocenters. The molecule has 3 heteroatoms. The van der Waals surface area contributed by atoms with Gasteiger partial charge in [0.15, 0.2) is 0 Å². The van der Waals surface area contributed by atoms with Crippen LogP contribution in [0.2, 0.25) is 0 Å². The molecular weight excluding hydrogens is 232 g/mol. The number of hydrogen-bond acceptors (Lipinski definition) is 2. The zero-order valence-electron chi connectivity index (χ0n) is 7.17. The summed E-state index contributed by atoms with van der Waals surface area (Å²) in [4.78, 5) is 0. The van der Waals surface area contributed by atoms with Crippen molar-refractivity contribution in [3.8, 4) is 0 Å². The van der Waals surface area contributed by atoms with E-state index in [1.165, 1.54) is 0 Å². The van der Waals surface area contributed by atoms with Crippen LogP contribution in [0.15, 0.2) is 27.3 Å². The summed E-state index contributed by atoms with van der Waals surface area (Å²) in [5, 5.41) is 10.1. The van der Waals surface area contributed by atoms with E-state index >= 15 is 0 Å². The normalized spacial score (nSPS) is 11.0. The molecule has 1 aromatic carbocycles. The molecule has 13 heavy (non-hydrogen) atoms. The third kappa shape index (κ3) is 1.38. The second-order valence-corrected chi connectivity index (χ2v) is 3.89. The summed E-state index contributed by atoms with van der Waals surface area (Å²) >= 11 is 3.40. The molecule has 2 rings (SSSR count). The Balaban J connectivity index is 2.80. The molecule has 0 radical (unpaired) electrons. The lowest BCUT2D eigenvalue weighted by molar-refractivity contribution is 0.282. The molecular formula is C10H9BrO2. The molecule has 0 atom stereocenters. The summed E-state index contributed by atoms with van der Waals surface area (Å²) in [6, 6.07) is 3.81. The number of halogens is 1. The molecule has 0 spiro atoms. The smallest absolute Gasteiger partial charge is 0.148 e. The highest BCUT2D eigenvalue weighted by molar-refractivity contribution is 9.10. The van der Waals surface area contributed by atoms with Crippen molar-refractivity contribution in [2.24, 2.45) is 0 Å². The summed E-state index contributed by atoms with van der Waals surface area (Å²) in [7, 11) is 0. The average Bonchev–Trinajstić information content (AvgIpc) is 2.48. The van der Waals surface area contributed by atoms with E-state index in [2.05, 4.69) is 15.9 Å². The molecule has 1 N–H and O–H groups in total. The highest BCUT2D eigenvalue weighted by Crippen LogP contribution is 2.29. The highest BCUT2D eigenvalue weighted by Gasteiger charge is 2.07. The van der Waals surface area contributed by atoms with Crippen LogP contribution in [0.1, 0.15) is 11.1 Å². The first-order chi connectivity index (χ1) is 6.22. The summed E-state index contributed by atoms with van der Waals surface area (Å²) < 4.78 is 6.24. The molecule has 0 aliphatic rings. The molecule has 68 valence electrons. The minimum absolute atomic E-state index is 0.0547. The third-order valence-electron chi connectivity index (χ3n) is 2.06.